The van der Waals surface area contributed by atoms with Gasteiger partial charge in [0.25, 0.3) is 0 Å². The van der Waals surface area contributed by atoms with E-state index in [0.29, 0.717) is 31.0 Å². The molecule has 3 rings (SSSR count). The number of hydrogen-bond donors (Lipinski definition) is 1. The van der Waals surface area contributed by atoms with Crippen LogP contribution >= 0.6 is 0 Å². The first-order valence-corrected chi connectivity index (χ1v) is 10.2. The Morgan fingerprint density at radius 3 is 2.69 bits per heavy atom. The van der Waals surface area contributed by atoms with Crippen LogP contribution in [0.3, 0.4) is 0 Å². The summed E-state index contributed by atoms with van der Waals surface area (Å²) >= 11 is -1.83. The maximum atomic E-state index is 13.2. The summed E-state index contributed by atoms with van der Waals surface area (Å²) in [5, 5.41) is 8.61. The molecule has 0 aliphatic carbocycles. The van der Waals surface area contributed by atoms with E-state index in [1.54, 1.807) is 24.3 Å². The topological polar surface area (TPSA) is 68.7 Å². The Kier molecular flexibility index (Phi) is 6.71. The van der Waals surface area contributed by atoms with Gasteiger partial charge in [-0.2, -0.15) is 13.2 Å². The lowest BCUT2D eigenvalue weighted by molar-refractivity contribution is -0.139. The molecular weight excluding hydrogens is 405 g/mol. The van der Waals surface area contributed by atoms with Crippen LogP contribution in [0.5, 0.6) is 5.75 Å². The number of hydrogen-bond acceptors (Lipinski definition) is 5. The first-order valence-electron chi connectivity index (χ1n) is 8.96. The van der Waals surface area contributed by atoms with Crippen molar-refractivity contribution in [1.82, 2.24) is 9.88 Å². The third-order valence-corrected chi connectivity index (χ3v) is 6.46. The molecular formula is C20H21F3N2O3S. The monoisotopic (exact) mass is 426 g/mol. The molecule has 5 nitrogen and oxygen atoms in total. The molecule has 0 saturated carbocycles. The van der Waals surface area contributed by atoms with Gasteiger partial charge in [-0.05, 0) is 34.9 Å². The van der Waals surface area contributed by atoms with Gasteiger partial charge >= 0.3 is 6.18 Å². The van der Waals surface area contributed by atoms with Gasteiger partial charge in [-0.25, -0.2) is 0 Å². The van der Waals surface area contributed by atoms with Gasteiger partial charge in [0.2, 0.25) is 0 Å². The van der Waals surface area contributed by atoms with Gasteiger partial charge in [-0.3, -0.25) is 4.98 Å². The molecule has 0 amide bonds. The third kappa shape index (κ3) is 5.23. The molecule has 1 aliphatic heterocycles. The number of pyridine rings is 1. The normalized spacial score (nSPS) is 18.0. The molecule has 0 bridgehead atoms. The molecule has 2 heterocycles. The van der Waals surface area contributed by atoms with Crippen LogP contribution in [0, 0.1) is 0 Å². The van der Waals surface area contributed by atoms with E-state index in [0.717, 1.165) is 24.0 Å². The Labute approximate surface area is 170 Å². The Hall–Kier alpha value is -2.23. The number of likely N-dealkylation sites (tertiary alicyclic amines) is 1. The molecule has 0 spiro atoms. The second kappa shape index (κ2) is 9.06. The quantitative estimate of drug-likeness (QED) is 0.688. The van der Waals surface area contributed by atoms with Crippen LogP contribution < -0.4 is 4.74 Å². The molecule has 1 aromatic heterocycles. The number of alkyl halides is 3. The van der Waals surface area contributed by atoms with Crippen LogP contribution in [-0.4, -0.2) is 44.5 Å². The zero-order chi connectivity index (χ0) is 21.0. The minimum absolute atomic E-state index is 0.0493. The smallest absolute Gasteiger partial charge is 0.421 e. The number of aromatic nitrogens is 1. The van der Waals surface area contributed by atoms with Crippen LogP contribution in [0.15, 0.2) is 59.9 Å². The third-order valence-electron chi connectivity index (χ3n) is 4.71. The van der Waals surface area contributed by atoms with E-state index in [2.05, 4.69) is 11.6 Å². The molecule has 2 aromatic rings. The molecule has 0 unspecified atom stereocenters. The second-order valence-corrected chi connectivity index (χ2v) is 8.38. The van der Waals surface area contributed by atoms with E-state index in [1.807, 2.05) is 4.90 Å². The van der Waals surface area contributed by atoms with Crippen molar-refractivity contribution in [2.24, 2.45) is 0 Å². The summed E-state index contributed by atoms with van der Waals surface area (Å²) in [6, 6.07) is 7.83. The van der Waals surface area contributed by atoms with E-state index in [1.165, 1.54) is 0 Å². The lowest BCUT2D eigenvalue weighted by atomic mass is 10.2. The fourth-order valence-electron chi connectivity index (χ4n) is 3.09. The van der Waals surface area contributed by atoms with Crippen LogP contribution in [0.2, 0.25) is 0 Å². The predicted molar refractivity (Wildman–Crippen MR) is 103 cm³/mol. The van der Waals surface area contributed by atoms with Crippen molar-refractivity contribution < 1.29 is 27.6 Å². The highest BCUT2D eigenvalue weighted by Gasteiger charge is 2.41. The molecule has 1 N–H and O–H groups in total. The van der Waals surface area contributed by atoms with Crippen molar-refractivity contribution in [3.63, 3.8) is 0 Å². The van der Waals surface area contributed by atoms with Crippen molar-refractivity contribution in [2.45, 2.75) is 29.3 Å². The summed E-state index contributed by atoms with van der Waals surface area (Å²) in [5.41, 5.74) is 0.533. The number of nitrogens with zero attached hydrogens (tertiary/aromatic N) is 2. The van der Waals surface area contributed by atoms with E-state index in [4.69, 9.17) is 9.84 Å². The fourth-order valence-corrected chi connectivity index (χ4v) is 4.65. The minimum atomic E-state index is -4.57. The maximum Gasteiger partial charge on any atom is 0.421 e. The summed E-state index contributed by atoms with van der Waals surface area (Å²) in [7, 11) is 0. The predicted octanol–water partition coefficient (Wildman–Crippen LogP) is 3.37. The molecule has 1 fully saturated rings. The molecule has 29 heavy (non-hydrogen) atoms. The standard InChI is InChI=1S/C20H21F3N2O3S/c1-14(13-28-16-4-2-15(12-26)3-5-16)25-9-7-17(11-25)29(27)19-10-24-8-6-18(19)20(21,22)23/h2-6,8,10,17,26H,1,7,9,11-13H2/t17-,29+/m0/s1. The molecule has 9 heteroatoms. The highest BCUT2D eigenvalue weighted by molar-refractivity contribution is 7.92. The first-order chi connectivity index (χ1) is 13.8. The molecule has 1 aromatic carbocycles. The van der Waals surface area contributed by atoms with Crippen molar-refractivity contribution in [3.05, 3.63) is 66.1 Å². The lowest BCUT2D eigenvalue weighted by Gasteiger charge is -2.23. The van der Waals surface area contributed by atoms with Crippen molar-refractivity contribution in [3.8, 4) is 5.75 Å². The lowest BCUT2D eigenvalue weighted by Crippen LogP contribution is -2.29. The van der Waals surface area contributed by atoms with E-state index >= 15 is 0 Å². The summed E-state index contributed by atoms with van der Waals surface area (Å²) in [5.74, 6) is 0.618. The minimum Gasteiger partial charge on any atom is -0.611 e. The number of ether oxygens (including phenoxy) is 1. The van der Waals surface area contributed by atoms with E-state index in [9.17, 15) is 17.7 Å². The largest absolute Gasteiger partial charge is 0.611 e. The van der Waals surface area contributed by atoms with Crippen LogP contribution in [0.4, 0.5) is 13.2 Å². The Balaban J connectivity index is 1.58. The number of halogens is 3. The van der Waals surface area contributed by atoms with E-state index in [-0.39, 0.29) is 18.1 Å². The Morgan fingerprint density at radius 2 is 2.03 bits per heavy atom. The Bertz CT molecular complexity index is 846. The van der Waals surface area contributed by atoms with Crippen LogP contribution in [0.1, 0.15) is 17.5 Å². The Morgan fingerprint density at radius 1 is 1.31 bits per heavy atom. The second-order valence-electron chi connectivity index (χ2n) is 6.68. The van der Waals surface area contributed by atoms with Gasteiger partial charge in [0.05, 0.1) is 19.3 Å². The molecule has 156 valence electrons. The molecule has 1 saturated heterocycles. The fraction of sp³-hybridized carbons (Fsp3) is 0.350. The van der Waals surface area contributed by atoms with Gasteiger partial charge in [-0.1, -0.05) is 18.7 Å². The number of rotatable bonds is 7. The number of benzene rings is 1. The molecule has 0 radical (unpaired) electrons. The van der Waals surface area contributed by atoms with Crippen LogP contribution in [0.25, 0.3) is 0 Å². The molecule has 1 aliphatic rings. The van der Waals surface area contributed by atoms with Gasteiger partial charge < -0.3 is 19.3 Å². The average molecular weight is 426 g/mol. The zero-order valence-corrected chi connectivity index (χ0v) is 16.4. The number of aliphatic hydroxyl groups excluding tert-OH is 1. The van der Waals surface area contributed by atoms with Gasteiger partial charge in [-0.15, -0.1) is 0 Å². The zero-order valence-electron chi connectivity index (χ0n) is 15.6. The molecule has 2 atom stereocenters. The summed E-state index contributed by atoms with van der Waals surface area (Å²) < 4.78 is 58.0. The van der Waals surface area contributed by atoms with Crippen molar-refractivity contribution in [1.29, 1.82) is 0 Å². The summed E-state index contributed by atoms with van der Waals surface area (Å²) in [4.78, 5) is 5.32. The van der Waals surface area contributed by atoms with Crippen molar-refractivity contribution >= 4 is 11.2 Å². The maximum absolute atomic E-state index is 13.2. The summed E-state index contributed by atoms with van der Waals surface area (Å²) in [6.45, 7) is 5.02. The SMILES string of the molecule is C=C(COc1ccc(CO)cc1)N1CC[C@H]([S@@+]([O-])c2cnccc2C(F)(F)F)C1. The van der Waals surface area contributed by atoms with Crippen molar-refractivity contribution in [2.75, 3.05) is 19.7 Å². The summed E-state index contributed by atoms with van der Waals surface area (Å²) in [6.07, 6.45) is -2.00. The highest BCUT2D eigenvalue weighted by Crippen LogP contribution is 2.36. The van der Waals surface area contributed by atoms with Gasteiger partial charge in [0.1, 0.15) is 23.2 Å². The highest BCUT2D eigenvalue weighted by atomic mass is 32.2. The number of aliphatic hydroxyl groups is 1. The van der Waals surface area contributed by atoms with Crippen LogP contribution in [-0.2, 0) is 24.0 Å². The van der Waals surface area contributed by atoms with Gasteiger partial charge in [0.15, 0.2) is 4.90 Å². The van der Waals surface area contributed by atoms with E-state index < -0.39 is 28.2 Å². The van der Waals surface area contributed by atoms with Gasteiger partial charge in [0, 0.05) is 24.9 Å². The average Bonchev–Trinajstić information content (AvgIpc) is 3.21. The first kappa shape index (κ1) is 21.5.